The number of anilines is 2. The van der Waals surface area contributed by atoms with Gasteiger partial charge in [-0.15, -0.1) is 0 Å². The molecule has 3 aromatic rings. The van der Waals surface area contributed by atoms with E-state index in [4.69, 9.17) is 9.47 Å². The minimum Gasteiger partial charge on any atom is -0.492 e. The standard InChI is InChI=1S/C30H32N2O4/c1-20(2)24-10-7-23(8-11-24)9-16-29(33)31-25-12-15-28-27(19-25)32(30(34)22(4)36-28)17-18-35-26-13-5-21(3)6-14-26/h5-16,19-20,22H,17-18H2,1-4H3,(H,31,33)/b16-9+. The lowest BCUT2D eigenvalue weighted by molar-refractivity contribution is -0.125. The Morgan fingerprint density at radius 2 is 1.81 bits per heavy atom. The number of benzene rings is 3. The summed E-state index contributed by atoms with van der Waals surface area (Å²) in [4.78, 5) is 27.1. The molecule has 6 heteroatoms. The van der Waals surface area contributed by atoms with Gasteiger partial charge in [-0.1, -0.05) is 55.8 Å². The molecule has 1 heterocycles. The molecule has 2 amide bonds. The number of hydrogen-bond acceptors (Lipinski definition) is 4. The number of fused-ring (bicyclic) bond motifs is 1. The highest BCUT2D eigenvalue weighted by atomic mass is 16.5. The van der Waals surface area contributed by atoms with Crippen LogP contribution in [0.2, 0.25) is 0 Å². The predicted molar refractivity (Wildman–Crippen MR) is 144 cm³/mol. The van der Waals surface area contributed by atoms with Gasteiger partial charge in [-0.2, -0.15) is 0 Å². The van der Waals surface area contributed by atoms with Crippen LogP contribution in [0, 0.1) is 6.92 Å². The van der Waals surface area contributed by atoms with Gasteiger partial charge in [0.2, 0.25) is 5.91 Å². The van der Waals surface area contributed by atoms with Gasteiger partial charge in [-0.25, -0.2) is 0 Å². The van der Waals surface area contributed by atoms with E-state index in [0.717, 1.165) is 16.9 Å². The fraction of sp³-hybridized carbons (Fsp3) is 0.267. The number of hydrogen-bond donors (Lipinski definition) is 1. The number of aryl methyl sites for hydroxylation is 1. The third-order valence-corrected chi connectivity index (χ3v) is 6.07. The van der Waals surface area contributed by atoms with Gasteiger partial charge in [-0.3, -0.25) is 9.59 Å². The largest absolute Gasteiger partial charge is 0.492 e. The fourth-order valence-electron chi connectivity index (χ4n) is 3.95. The summed E-state index contributed by atoms with van der Waals surface area (Å²) in [7, 11) is 0. The fourth-order valence-corrected chi connectivity index (χ4v) is 3.95. The summed E-state index contributed by atoms with van der Waals surface area (Å²) in [5, 5.41) is 2.88. The molecule has 186 valence electrons. The highest BCUT2D eigenvalue weighted by molar-refractivity contribution is 6.04. The Hall–Kier alpha value is -4.06. The van der Waals surface area contributed by atoms with Crippen LogP contribution in [-0.2, 0) is 9.59 Å². The summed E-state index contributed by atoms with van der Waals surface area (Å²) < 4.78 is 11.6. The quantitative estimate of drug-likeness (QED) is 0.401. The maximum atomic E-state index is 12.9. The lowest BCUT2D eigenvalue weighted by Crippen LogP contribution is -2.46. The summed E-state index contributed by atoms with van der Waals surface area (Å²) in [6, 6.07) is 21.2. The van der Waals surface area contributed by atoms with E-state index in [1.54, 1.807) is 36.1 Å². The maximum Gasteiger partial charge on any atom is 0.267 e. The van der Waals surface area contributed by atoms with Crippen molar-refractivity contribution in [1.29, 1.82) is 0 Å². The minimum absolute atomic E-state index is 0.150. The van der Waals surface area contributed by atoms with E-state index in [2.05, 4.69) is 31.3 Å². The van der Waals surface area contributed by atoms with Gasteiger partial charge >= 0.3 is 0 Å². The van der Waals surface area contributed by atoms with Gasteiger partial charge in [-0.05, 0) is 67.3 Å². The molecule has 0 aliphatic carbocycles. The molecule has 0 aromatic heterocycles. The van der Waals surface area contributed by atoms with Crippen LogP contribution < -0.4 is 19.7 Å². The van der Waals surface area contributed by atoms with Crippen LogP contribution in [-0.4, -0.2) is 31.1 Å². The van der Waals surface area contributed by atoms with Crippen LogP contribution in [0.15, 0.2) is 72.8 Å². The zero-order valence-electron chi connectivity index (χ0n) is 21.2. The number of rotatable bonds is 8. The van der Waals surface area contributed by atoms with Gasteiger partial charge in [0.05, 0.1) is 12.2 Å². The Kier molecular flexibility index (Phi) is 7.74. The summed E-state index contributed by atoms with van der Waals surface area (Å²) in [6.07, 6.45) is 2.68. The first-order valence-corrected chi connectivity index (χ1v) is 12.2. The highest BCUT2D eigenvalue weighted by Crippen LogP contribution is 2.36. The van der Waals surface area contributed by atoms with Gasteiger partial charge in [0.25, 0.3) is 5.91 Å². The molecular weight excluding hydrogens is 452 g/mol. The third-order valence-electron chi connectivity index (χ3n) is 6.07. The van der Waals surface area contributed by atoms with Crippen molar-refractivity contribution in [2.45, 2.75) is 39.7 Å². The normalized spacial score (nSPS) is 15.1. The molecule has 0 fully saturated rings. The second-order valence-corrected chi connectivity index (χ2v) is 9.24. The number of amides is 2. The van der Waals surface area contributed by atoms with Crippen LogP contribution in [0.3, 0.4) is 0 Å². The molecule has 36 heavy (non-hydrogen) atoms. The van der Waals surface area contributed by atoms with Gasteiger partial charge in [0.1, 0.15) is 18.1 Å². The lowest BCUT2D eigenvalue weighted by Gasteiger charge is -2.33. The molecule has 1 atom stereocenters. The predicted octanol–water partition coefficient (Wildman–Crippen LogP) is 5.96. The molecule has 3 aromatic carbocycles. The molecule has 1 aliphatic rings. The Morgan fingerprint density at radius 1 is 1.08 bits per heavy atom. The van der Waals surface area contributed by atoms with Crippen LogP contribution in [0.4, 0.5) is 11.4 Å². The van der Waals surface area contributed by atoms with Crippen molar-refractivity contribution in [3.8, 4) is 11.5 Å². The van der Waals surface area contributed by atoms with E-state index >= 15 is 0 Å². The van der Waals surface area contributed by atoms with E-state index in [9.17, 15) is 9.59 Å². The maximum absolute atomic E-state index is 12.9. The monoisotopic (exact) mass is 484 g/mol. The molecule has 0 bridgehead atoms. The summed E-state index contributed by atoms with van der Waals surface area (Å²) in [6.45, 7) is 8.73. The van der Waals surface area contributed by atoms with Crippen molar-refractivity contribution >= 4 is 29.3 Å². The second-order valence-electron chi connectivity index (χ2n) is 9.24. The molecule has 1 aliphatic heterocycles. The molecule has 0 saturated carbocycles. The lowest BCUT2D eigenvalue weighted by atomic mass is 10.0. The van der Waals surface area contributed by atoms with Gasteiger partial charge in [0, 0.05) is 11.8 Å². The van der Waals surface area contributed by atoms with Crippen molar-refractivity contribution < 1.29 is 19.1 Å². The third kappa shape index (κ3) is 6.13. The molecule has 1 unspecified atom stereocenters. The number of nitrogens with zero attached hydrogens (tertiary/aromatic N) is 1. The van der Waals surface area contributed by atoms with Crippen molar-refractivity contribution in [2.24, 2.45) is 0 Å². The topological polar surface area (TPSA) is 67.9 Å². The highest BCUT2D eigenvalue weighted by Gasteiger charge is 2.31. The number of nitrogens with one attached hydrogen (secondary N) is 1. The van der Waals surface area contributed by atoms with Crippen molar-refractivity contribution in [3.63, 3.8) is 0 Å². The van der Waals surface area contributed by atoms with E-state index in [1.165, 1.54) is 11.6 Å². The average molecular weight is 485 g/mol. The van der Waals surface area contributed by atoms with E-state index in [-0.39, 0.29) is 11.8 Å². The Balaban J connectivity index is 1.43. The Morgan fingerprint density at radius 3 is 2.50 bits per heavy atom. The second kappa shape index (κ2) is 11.1. The van der Waals surface area contributed by atoms with Crippen LogP contribution in [0.25, 0.3) is 6.08 Å². The molecular formula is C30H32N2O4. The average Bonchev–Trinajstić information content (AvgIpc) is 2.87. The first-order chi connectivity index (χ1) is 17.3. The van der Waals surface area contributed by atoms with Crippen LogP contribution in [0.5, 0.6) is 11.5 Å². The zero-order chi connectivity index (χ0) is 25.7. The molecule has 0 saturated heterocycles. The Labute approximate surface area is 212 Å². The van der Waals surface area contributed by atoms with Crippen molar-refractivity contribution in [3.05, 3.63) is 89.5 Å². The summed E-state index contributed by atoms with van der Waals surface area (Å²) >= 11 is 0. The number of carbonyl (C=O) groups is 2. The minimum atomic E-state index is -0.595. The first-order valence-electron chi connectivity index (χ1n) is 12.2. The van der Waals surface area contributed by atoms with E-state index < -0.39 is 6.10 Å². The SMILES string of the molecule is Cc1ccc(OCCN2C(=O)C(C)Oc3ccc(NC(=O)/C=C/c4ccc(C(C)C)cc4)cc32)cc1. The summed E-state index contributed by atoms with van der Waals surface area (Å²) in [5.41, 5.74) is 4.55. The molecule has 0 spiro atoms. The van der Waals surface area contributed by atoms with Crippen LogP contribution >= 0.6 is 0 Å². The Bertz CT molecular complexity index is 1250. The van der Waals surface area contributed by atoms with E-state index in [1.807, 2.05) is 43.3 Å². The zero-order valence-corrected chi connectivity index (χ0v) is 21.2. The van der Waals surface area contributed by atoms with E-state index in [0.29, 0.717) is 36.2 Å². The first kappa shape index (κ1) is 25.0. The molecule has 1 N–H and O–H groups in total. The molecule has 4 rings (SSSR count). The van der Waals surface area contributed by atoms with Crippen molar-refractivity contribution in [2.75, 3.05) is 23.4 Å². The molecule has 6 nitrogen and oxygen atoms in total. The smallest absolute Gasteiger partial charge is 0.267 e. The van der Waals surface area contributed by atoms with Crippen molar-refractivity contribution in [1.82, 2.24) is 0 Å². The van der Waals surface area contributed by atoms with Gasteiger partial charge in [0.15, 0.2) is 6.10 Å². The van der Waals surface area contributed by atoms with Crippen LogP contribution in [0.1, 0.15) is 43.4 Å². The molecule has 0 radical (unpaired) electrons. The van der Waals surface area contributed by atoms with Gasteiger partial charge < -0.3 is 19.7 Å². The summed E-state index contributed by atoms with van der Waals surface area (Å²) in [5.74, 6) is 1.40. The number of carbonyl (C=O) groups excluding carboxylic acids is 2. The number of ether oxygens (including phenoxy) is 2.